The van der Waals surface area contributed by atoms with Crippen molar-refractivity contribution in [2.24, 2.45) is 0 Å². The quantitative estimate of drug-likeness (QED) is 0.496. The summed E-state index contributed by atoms with van der Waals surface area (Å²) in [6, 6.07) is 12.7. The molecule has 0 spiro atoms. The van der Waals surface area contributed by atoms with Crippen LogP contribution in [0.5, 0.6) is 5.75 Å². The molecule has 0 amide bonds. The molecule has 2 heterocycles. The van der Waals surface area contributed by atoms with Gasteiger partial charge in [-0.15, -0.1) is 0 Å². The van der Waals surface area contributed by atoms with Crippen molar-refractivity contribution in [2.75, 3.05) is 17.7 Å². The molecule has 6 nitrogen and oxygen atoms in total. The summed E-state index contributed by atoms with van der Waals surface area (Å²) in [5.41, 5.74) is 1.72. The second-order valence-electron chi connectivity index (χ2n) is 6.20. The van der Waals surface area contributed by atoms with E-state index in [4.69, 9.17) is 4.74 Å². The van der Waals surface area contributed by atoms with E-state index >= 15 is 0 Å². The molecular formula is C21H17F2N5O. The molecule has 29 heavy (non-hydrogen) atoms. The van der Waals surface area contributed by atoms with Gasteiger partial charge in [0.05, 0.1) is 23.7 Å². The fourth-order valence-corrected chi connectivity index (χ4v) is 2.88. The summed E-state index contributed by atoms with van der Waals surface area (Å²) in [7, 11) is 1.62. The highest BCUT2D eigenvalue weighted by atomic mass is 19.1. The van der Waals surface area contributed by atoms with E-state index in [1.165, 1.54) is 12.1 Å². The summed E-state index contributed by atoms with van der Waals surface area (Å²) >= 11 is 0. The molecule has 2 aromatic heterocycles. The summed E-state index contributed by atoms with van der Waals surface area (Å²) < 4.78 is 32.4. The number of rotatable bonds is 6. The van der Waals surface area contributed by atoms with Crippen LogP contribution in [0.4, 0.5) is 26.2 Å². The number of methoxy groups -OCH3 is 1. The number of pyridine rings is 1. The van der Waals surface area contributed by atoms with Crippen LogP contribution in [-0.4, -0.2) is 22.1 Å². The lowest BCUT2D eigenvalue weighted by Crippen LogP contribution is -2.05. The minimum absolute atomic E-state index is 0.116. The van der Waals surface area contributed by atoms with Gasteiger partial charge in [0.15, 0.2) is 0 Å². The summed E-state index contributed by atoms with van der Waals surface area (Å²) in [6.45, 7) is 0.493. The molecule has 4 aromatic rings. The van der Waals surface area contributed by atoms with Crippen LogP contribution >= 0.6 is 0 Å². The second-order valence-corrected chi connectivity index (χ2v) is 6.20. The van der Waals surface area contributed by atoms with Gasteiger partial charge >= 0.3 is 0 Å². The van der Waals surface area contributed by atoms with E-state index in [2.05, 4.69) is 25.6 Å². The molecule has 2 N–H and O–H groups in total. The fraction of sp³-hybridized carbons (Fsp3) is 0.0952. The number of fused-ring (bicyclic) bond motifs is 1. The first-order valence-electron chi connectivity index (χ1n) is 8.83. The van der Waals surface area contributed by atoms with Crippen molar-refractivity contribution in [2.45, 2.75) is 6.54 Å². The molecule has 146 valence electrons. The van der Waals surface area contributed by atoms with Crippen LogP contribution in [0.1, 0.15) is 5.56 Å². The van der Waals surface area contributed by atoms with Crippen LogP contribution in [-0.2, 0) is 6.54 Å². The van der Waals surface area contributed by atoms with E-state index < -0.39 is 11.6 Å². The number of halogens is 2. The largest absolute Gasteiger partial charge is 0.496 e. The molecule has 0 fully saturated rings. The molecule has 0 aliphatic rings. The van der Waals surface area contributed by atoms with Crippen molar-refractivity contribution in [3.63, 3.8) is 0 Å². The third kappa shape index (κ3) is 4.06. The van der Waals surface area contributed by atoms with Crippen LogP contribution in [0, 0.1) is 11.6 Å². The Kier molecular flexibility index (Phi) is 5.15. The van der Waals surface area contributed by atoms with Gasteiger partial charge in [0, 0.05) is 30.6 Å². The molecule has 0 saturated heterocycles. The normalized spacial score (nSPS) is 10.7. The third-order valence-electron chi connectivity index (χ3n) is 4.32. The topological polar surface area (TPSA) is 72.0 Å². The average Bonchev–Trinajstić information content (AvgIpc) is 2.74. The van der Waals surface area contributed by atoms with Crippen molar-refractivity contribution in [3.05, 3.63) is 78.1 Å². The molecule has 4 rings (SSSR count). The predicted molar refractivity (Wildman–Crippen MR) is 107 cm³/mol. The Hall–Kier alpha value is -3.81. The van der Waals surface area contributed by atoms with Crippen LogP contribution in [0.25, 0.3) is 10.9 Å². The Bertz CT molecular complexity index is 1170. The third-order valence-corrected chi connectivity index (χ3v) is 4.32. The van der Waals surface area contributed by atoms with Gasteiger partial charge in [-0.05, 0) is 24.3 Å². The maximum atomic E-state index is 13.9. The zero-order valence-corrected chi connectivity index (χ0v) is 15.5. The van der Waals surface area contributed by atoms with E-state index in [-0.39, 0.29) is 5.69 Å². The van der Waals surface area contributed by atoms with E-state index in [1.807, 2.05) is 24.3 Å². The average molecular weight is 393 g/mol. The fourth-order valence-electron chi connectivity index (χ4n) is 2.88. The number of hydrogen-bond donors (Lipinski definition) is 2. The first kappa shape index (κ1) is 18.5. The monoisotopic (exact) mass is 393 g/mol. The highest BCUT2D eigenvalue weighted by molar-refractivity contribution is 5.90. The van der Waals surface area contributed by atoms with Gasteiger partial charge in [0.1, 0.15) is 23.2 Å². The van der Waals surface area contributed by atoms with Gasteiger partial charge in [-0.25, -0.2) is 23.7 Å². The summed E-state index contributed by atoms with van der Waals surface area (Å²) in [4.78, 5) is 13.0. The zero-order valence-electron chi connectivity index (χ0n) is 15.5. The van der Waals surface area contributed by atoms with Crippen molar-refractivity contribution in [1.82, 2.24) is 15.0 Å². The maximum absolute atomic E-state index is 13.9. The molecule has 0 aliphatic carbocycles. The Morgan fingerprint density at radius 3 is 2.72 bits per heavy atom. The van der Waals surface area contributed by atoms with Gasteiger partial charge < -0.3 is 15.4 Å². The molecule has 0 aliphatic heterocycles. The Morgan fingerprint density at radius 1 is 1.03 bits per heavy atom. The molecule has 0 atom stereocenters. The Labute approximate surface area is 165 Å². The number of aromatic nitrogens is 3. The second kappa shape index (κ2) is 8.05. The van der Waals surface area contributed by atoms with Gasteiger partial charge in [-0.1, -0.05) is 18.2 Å². The number of hydrogen-bond acceptors (Lipinski definition) is 6. The van der Waals surface area contributed by atoms with Crippen molar-refractivity contribution in [3.8, 4) is 5.75 Å². The molecular weight excluding hydrogens is 376 g/mol. The number of nitrogens with one attached hydrogen (secondary N) is 2. The minimum atomic E-state index is -0.709. The molecule has 0 saturated carbocycles. The zero-order chi connectivity index (χ0) is 20.2. The van der Waals surface area contributed by atoms with Crippen LogP contribution < -0.4 is 15.4 Å². The van der Waals surface area contributed by atoms with Gasteiger partial charge in [0.25, 0.3) is 0 Å². The Balaban J connectivity index is 1.57. The minimum Gasteiger partial charge on any atom is -0.496 e. The van der Waals surface area contributed by atoms with Gasteiger partial charge in [0.2, 0.25) is 5.95 Å². The van der Waals surface area contributed by atoms with E-state index in [1.54, 1.807) is 25.6 Å². The molecule has 0 radical (unpaired) electrons. The van der Waals surface area contributed by atoms with Crippen molar-refractivity contribution in [1.29, 1.82) is 0 Å². The standard InChI is InChI=1S/C21H17F2N5O/c1-29-19-5-3-2-4-13(19)11-25-21-26-12-15-17(28-21)8-9-24-20(15)27-18-7-6-14(22)10-16(18)23/h2-10,12H,11H2,1H3,(H,24,27)(H,25,26,28). The summed E-state index contributed by atoms with van der Waals surface area (Å²) in [5.74, 6) is 0.239. The van der Waals surface area contributed by atoms with Crippen molar-refractivity contribution < 1.29 is 13.5 Å². The molecule has 0 bridgehead atoms. The molecule has 0 unspecified atom stereocenters. The number of benzene rings is 2. The number of anilines is 3. The Morgan fingerprint density at radius 2 is 1.90 bits per heavy atom. The SMILES string of the molecule is COc1ccccc1CNc1ncc2c(Nc3ccc(F)cc3F)nccc2n1. The van der Waals surface area contributed by atoms with Gasteiger partial charge in [-0.2, -0.15) is 0 Å². The van der Waals surface area contributed by atoms with E-state index in [0.29, 0.717) is 29.2 Å². The van der Waals surface area contributed by atoms with Crippen LogP contribution in [0.3, 0.4) is 0 Å². The smallest absolute Gasteiger partial charge is 0.223 e. The van der Waals surface area contributed by atoms with E-state index in [9.17, 15) is 8.78 Å². The van der Waals surface area contributed by atoms with Gasteiger partial charge in [-0.3, -0.25) is 0 Å². The summed E-state index contributed by atoms with van der Waals surface area (Å²) in [6.07, 6.45) is 3.16. The van der Waals surface area contributed by atoms with E-state index in [0.717, 1.165) is 17.4 Å². The number of ether oxygens (including phenoxy) is 1. The molecule has 2 aromatic carbocycles. The maximum Gasteiger partial charge on any atom is 0.223 e. The first-order valence-corrected chi connectivity index (χ1v) is 8.83. The highest BCUT2D eigenvalue weighted by Crippen LogP contribution is 2.25. The first-order chi connectivity index (χ1) is 14.1. The van der Waals surface area contributed by atoms with Crippen LogP contribution in [0.15, 0.2) is 60.9 Å². The lowest BCUT2D eigenvalue weighted by Gasteiger charge is -2.11. The number of para-hydroxylation sites is 1. The summed E-state index contributed by atoms with van der Waals surface area (Å²) in [5, 5.41) is 6.64. The lowest BCUT2D eigenvalue weighted by atomic mass is 10.2. The highest BCUT2D eigenvalue weighted by Gasteiger charge is 2.10. The molecule has 8 heteroatoms. The predicted octanol–water partition coefficient (Wildman–Crippen LogP) is 4.67. The van der Waals surface area contributed by atoms with Crippen LogP contribution in [0.2, 0.25) is 0 Å². The lowest BCUT2D eigenvalue weighted by molar-refractivity contribution is 0.410. The van der Waals surface area contributed by atoms with Crippen molar-refractivity contribution >= 4 is 28.4 Å². The number of nitrogens with zero attached hydrogens (tertiary/aromatic N) is 3.